The van der Waals surface area contributed by atoms with Crippen LogP contribution in [0.25, 0.3) is 0 Å². The van der Waals surface area contributed by atoms with Gasteiger partial charge in [-0.25, -0.2) is 14.0 Å². The number of pyridine rings is 2. The Hall–Kier alpha value is -3.03. The van der Waals surface area contributed by atoms with Gasteiger partial charge in [0.2, 0.25) is 0 Å². The number of rotatable bonds is 5. The van der Waals surface area contributed by atoms with Gasteiger partial charge in [-0.05, 0) is 25.0 Å². The van der Waals surface area contributed by atoms with Crippen LogP contribution in [0.3, 0.4) is 0 Å². The molecule has 0 atom stereocenters. The van der Waals surface area contributed by atoms with E-state index in [1.807, 2.05) is 6.92 Å². The summed E-state index contributed by atoms with van der Waals surface area (Å²) in [4.78, 5) is 28.9. The van der Waals surface area contributed by atoms with Gasteiger partial charge in [0.25, 0.3) is 0 Å². The lowest BCUT2D eigenvalue weighted by Crippen LogP contribution is -2.04. The fourth-order valence-electron chi connectivity index (χ4n) is 1.99. The Morgan fingerprint density at radius 2 is 1.48 bits per heavy atom. The van der Waals surface area contributed by atoms with Crippen LogP contribution in [-0.4, -0.2) is 39.2 Å². The van der Waals surface area contributed by atoms with E-state index >= 15 is 0 Å². The second kappa shape index (κ2) is 9.31. The van der Waals surface area contributed by atoms with Gasteiger partial charge in [0, 0.05) is 0 Å². The van der Waals surface area contributed by atoms with E-state index in [4.69, 9.17) is 14.9 Å². The molecule has 0 bridgehead atoms. The van der Waals surface area contributed by atoms with Crippen LogP contribution in [-0.2, 0) is 12.8 Å². The minimum absolute atomic E-state index is 0.0579. The molecule has 134 valence electrons. The Morgan fingerprint density at radius 1 is 1.00 bits per heavy atom. The monoisotopic (exact) mass is 350 g/mol. The molecule has 2 N–H and O–H groups in total. The Labute approximate surface area is 144 Å². The van der Waals surface area contributed by atoms with Crippen LogP contribution < -0.4 is 4.74 Å². The molecule has 0 fully saturated rings. The number of hydrogen-bond donors (Lipinski definition) is 2. The summed E-state index contributed by atoms with van der Waals surface area (Å²) in [5.74, 6) is -2.26. The summed E-state index contributed by atoms with van der Waals surface area (Å²) in [7, 11) is 1.48. The highest BCUT2D eigenvalue weighted by Gasteiger charge is 2.11. The summed E-state index contributed by atoms with van der Waals surface area (Å²) in [6.07, 6.45) is 3.63. The third kappa shape index (κ3) is 5.52. The quantitative estimate of drug-likeness (QED) is 0.853. The van der Waals surface area contributed by atoms with E-state index in [1.165, 1.54) is 19.4 Å². The summed E-state index contributed by atoms with van der Waals surface area (Å²) < 4.78 is 17.4. The molecule has 2 aromatic heterocycles. The molecule has 0 saturated heterocycles. The smallest absolute Gasteiger partial charge is 0.337 e. The second-order valence-corrected chi connectivity index (χ2v) is 4.83. The largest absolute Gasteiger partial charge is 0.495 e. The molecule has 0 aliphatic carbocycles. The molecule has 0 unspecified atom stereocenters. The fraction of sp³-hybridized carbons (Fsp3) is 0.294. The predicted octanol–water partition coefficient (Wildman–Crippen LogP) is 2.83. The summed E-state index contributed by atoms with van der Waals surface area (Å²) in [5, 5.41) is 17.4. The van der Waals surface area contributed by atoms with Gasteiger partial charge in [-0.15, -0.1) is 0 Å². The highest BCUT2D eigenvalue weighted by atomic mass is 19.1. The normalized spacial score (nSPS) is 9.76. The van der Waals surface area contributed by atoms with Crippen molar-refractivity contribution in [1.82, 2.24) is 9.97 Å². The molecule has 0 aromatic carbocycles. The van der Waals surface area contributed by atoms with Crippen LogP contribution in [0.5, 0.6) is 5.75 Å². The molecule has 7 nitrogen and oxygen atoms in total. The topological polar surface area (TPSA) is 110 Å². The first-order valence-electron chi connectivity index (χ1n) is 7.47. The Bertz CT molecular complexity index is 765. The van der Waals surface area contributed by atoms with Crippen molar-refractivity contribution in [2.24, 2.45) is 0 Å². The van der Waals surface area contributed by atoms with Crippen molar-refractivity contribution in [1.29, 1.82) is 0 Å². The number of halogens is 1. The molecule has 2 rings (SSSR count). The maximum atomic E-state index is 12.5. The predicted molar refractivity (Wildman–Crippen MR) is 87.7 cm³/mol. The molecule has 0 aliphatic rings. The van der Waals surface area contributed by atoms with Gasteiger partial charge in [-0.2, -0.15) is 0 Å². The molecule has 0 spiro atoms. The third-order valence-corrected chi connectivity index (χ3v) is 3.25. The minimum Gasteiger partial charge on any atom is -0.495 e. The number of aromatic nitrogens is 2. The zero-order valence-corrected chi connectivity index (χ0v) is 14.1. The second-order valence-electron chi connectivity index (χ2n) is 4.83. The molecular weight excluding hydrogens is 331 g/mol. The molecule has 0 radical (unpaired) electrons. The van der Waals surface area contributed by atoms with Gasteiger partial charge in [0.1, 0.15) is 11.6 Å². The first-order chi connectivity index (χ1) is 11.8. The van der Waals surface area contributed by atoms with Crippen molar-refractivity contribution in [2.75, 3.05) is 7.11 Å². The van der Waals surface area contributed by atoms with Crippen LogP contribution in [0.15, 0.2) is 24.5 Å². The van der Waals surface area contributed by atoms with Gasteiger partial charge >= 0.3 is 11.9 Å². The average molecular weight is 350 g/mol. The summed E-state index contributed by atoms with van der Waals surface area (Å²) in [5.41, 5.74) is 1.14. The number of carbonyl (C=O) groups is 2. The van der Waals surface area contributed by atoms with Crippen molar-refractivity contribution in [3.8, 4) is 5.75 Å². The number of nitrogens with zero attached hydrogens (tertiary/aromatic N) is 2. The maximum absolute atomic E-state index is 12.5. The Kier molecular flexibility index (Phi) is 7.45. The van der Waals surface area contributed by atoms with E-state index < -0.39 is 17.8 Å². The first kappa shape index (κ1) is 20.0. The van der Waals surface area contributed by atoms with Gasteiger partial charge in [0.05, 0.1) is 42.0 Å². The van der Waals surface area contributed by atoms with Gasteiger partial charge < -0.3 is 14.9 Å². The zero-order valence-electron chi connectivity index (χ0n) is 14.1. The highest BCUT2D eigenvalue weighted by Crippen LogP contribution is 2.15. The number of aryl methyl sites for hydroxylation is 2. The number of carboxylic acids is 2. The van der Waals surface area contributed by atoms with E-state index in [2.05, 4.69) is 9.97 Å². The summed E-state index contributed by atoms with van der Waals surface area (Å²) in [6.45, 7) is 3.63. The van der Waals surface area contributed by atoms with Gasteiger partial charge in [-0.3, -0.25) is 9.97 Å². The molecule has 0 amide bonds. The summed E-state index contributed by atoms with van der Waals surface area (Å²) >= 11 is 0. The average Bonchev–Trinajstić information content (AvgIpc) is 2.61. The zero-order chi connectivity index (χ0) is 19.0. The van der Waals surface area contributed by atoms with Gasteiger partial charge in [-0.1, -0.05) is 13.8 Å². The lowest BCUT2D eigenvalue weighted by molar-refractivity contribution is 0.0683. The van der Waals surface area contributed by atoms with E-state index in [1.54, 1.807) is 6.92 Å². The van der Waals surface area contributed by atoms with Crippen molar-refractivity contribution < 1.29 is 28.9 Å². The van der Waals surface area contributed by atoms with Crippen molar-refractivity contribution in [2.45, 2.75) is 26.7 Å². The highest BCUT2D eigenvalue weighted by molar-refractivity contribution is 5.89. The number of methoxy groups -OCH3 is 1. The van der Waals surface area contributed by atoms with Gasteiger partial charge in [0.15, 0.2) is 0 Å². The van der Waals surface area contributed by atoms with Crippen LogP contribution in [0.2, 0.25) is 0 Å². The first-order valence-corrected chi connectivity index (χ1v) is 7.47. The van der Waals surface area contributed by atoms with E-state index in [-0.39, 0.29) is 11.1 Å². The van der Waals surface area contributed by atoms with Crippen molar-refractivity contribution in [3.63, 3.8) is 0 Å². The van der Waals surface area contributed by atoms with Crippen LogP contribution >= 0.6 is 0 Å². The number of hydrogen-bond acceptors (Lipinski definition) is 5. The fourth-order valence-corrected chi connectivity index (χ4v) is 1.99. The van der Waals surface area contributed by atoms with E-state index in [0.29, 0.717) is 30.0 Å². The lowest BCUT2D eigenvalue weighted by atomic mass is 10.1. The summed E-state index contributed by atoms with van der Waals surface area (Å²) in [6, 6.07) is 2.46. The number of carboxylic acid groups (broad SMARTS) is 2. The molecular formula is C17H19FN2O5. The van der Waals surface area contributed by atoms with E-state index in [0.717, 1.165) is 12.3 Å². The Morgan fingerprint density at radius 3 is 1.92 bits per heavy atom. The maximum Gasteiger partial charge on any atom is 0.337 e. The van der Waals surface area contributed by atoms with Crippen LogP contribution in [0.1, 0.15) is 46.0 Å². The van der Waals surface area contributed by atoms with Crippen molar-refractivity contribution in [3.05, 3.63) is 52.9 Å². The lowest BCUT2D eigenvalue weighted by Gasteiger charge is -2.04. The Balaban J connectivity index is 0.000000251. The van der Waals surface area contributed by atoms with Crippen LogP contribution in [0.4, 0.5) is 4.39 Å². The number of aromatic carboxylic acids is 2. The third-order valence-electron chi connectivity index (χ3n) is 3.25. The minimum atomic E-state index is -1.14. The van der Waals surface area contributed by atoms with Crippen LogP contribution in [0, 0.1) is 5.82 Å². The van der Waals surface area contributed by atoms with Crippen molar-refractivity contribution >= 4 is 11.9 Å². The standard InChI is InChI=1S/C9H11NO3.C8H8FNO2/c1-3-8-7(9(11)12)4-6(13-2)5-10-8;1-2-7-6(8(11)12)3-5(9)4-10-7/h4-5H,3H2,1-2H3,(H,11,12);3-4H,2H2,1H3,(H,11,12). The molecule has 0 aliphatic heterocycles. The number of ether oxygens (including phenoxy) is 1. The SMILES string of the molecule is CCc1ncc(F)cc1C(=O)O.CCc1ncc(OC)cc1C(=O)O. The molecule has 0 saturated carbocycles. The molecule has 2 heterocycles. The molecule has 8 heteroatoms. The molecule has 2 aromatic rings. The van der Waals surface area contributed by atoms with E-state index in [9.17, 15) is 14.0 Å². The molecule has 25 heavy (non-hydrogen) atoms.